The molecule has 0 aliphatic carbocycles. The van der Waals surface area contributed by atoms with Crippen molar-refractivity contribution in [2.45, 2.75) is 77.4 Å². The Labute approximate surface area is 210 Å². The lowest BCUT2D eigenvalue weighted by molar-refractivity contribution is 0.0463. The van der Waals surface area contributed by atoms with Crippen LogP contribution in [-0.4, -0.2) is 33.2 Å². The topological polar surface area (TPSA) is 56.8 Å². The maximum Gasteiger partial charge on any atom is 0.408 e. The first-order valence-corrected chi connectivity index (χ1v) is 14.6. The number of nitrogens with one attached hydrogen (secondary N) is 1. The van der Waals surface area contributed by atoms with E-state index in [0.29, 0.717) is 5.56 Å². The highest BCUT2D eigenvalue weighted by molar-refractivity contribution is 6.74. The first-order chi connectivity index (χ1) is 16.1. The summed E-state index contributed by atoms with van der Waals surface area (Å²) < 4.78 is 31.2. The average molecular weight is 500 g/mol. The second kappa shape index (κ2) is 11.3. The van der Waals surface area contributed by atoms with E-state index in [1.54, 1.807) is 40.0 Å². The molecular weight excluding hydrogens is 461 g/mol. The molecule has 5 nitrogen and oxygen atoms in total. The Morgan fingerprint density at radius 3 is 2.03 bits per heavy atom. The molecule has 2 aromatic carbocycles. The second-order valence-corrected chi connectivity index (χ2v) is 15.7. The first-order valence-electron chi connectivity index (χ1n) is 11.7. The molecule has 0 aliphatic heterocycles. The molecule has 0 radical (unpaired) electrons. The normalized spacial score (nSPS) is 13.8. The summed E-state index contributed by atoms with van der Waals surface area (Å²) in [5.41, 5.74) is 0.775. The van der Waals surface area contributed by atoms with Crippen molar-refractivity contribution in [2.75, 3.05) is 7.11 Å². The maximum atomic E-state index is 13.7. The van der Waals surface area contributed by atoms with Gasteiger partial charge in [0.15, 0.2) is 8.32 Å². The molecule has 0 unspecified atom stereocenters. The van der Waals surface area contributed by atoms with Crippen LogP contribution in [0.15, 0.2) is 48.5 Å². The van der Waals surface area contributed by atoms with Crippen LogP contribution in [0.4, 0.5) is 9.18 Å². The van der Waals surface area contributed by atoms with Gasteiger partial charge in [0, 0.05) is 5.56 Å². The number of ether oxygens (including phenoxy) is 2. The van der Waals surface area contributed by atoms with E-state index in [1.807, 2.05) is 24.3 Å². The summed E-state index contributed by atoms with van der Waals surface area (Å²) in [4.78, 5) is 12.8. The summed E-state index contributed by atoms with van der Waals surface area (Å²) in [6.45, 7) is 16.1. The Hall–Kier alpha value is -2.82. The summed E-state index contributed by atoms with van der Waals surface area (Å²) in [7, 11) is -0.704. The molecule has 7 heteroatoms. The fraction of sp³-hybridized carbons (Fsp3) is 0.464. The van der Waals surface area contributed by atoms with Crippen LogP contribution in [0, 0.1) is 17.7 Å². The molecule has 0 spiro atoms. The highest BCUT2D eigenvalue weighted by atomic mass is 28.4. The minimum Gasteiger partial charge on any atom is -0.497 e. The number of benzene rings is 2. The number of methoxy groups -OCH3 is 1. The number of halogens is 1. The lowest BCUT2D eigenvalue weighted by atomic mass is 10.0. The SMILES string of the molecule is COc1ccc(C#C[C@@H](O[Si](C)(C)C(C)(C)C)[C@@H](NC(=O)OC(C)(C)C)c2ccc(F)cc2)cc1. The van der Waals surface area contributed by atoms with Gasteiger partial charge in [-0.3, -0.25) is 0 Å². The Balaban J connectivity index is 2.54. The van der Waals surface area contributed by atoms with Crippen molar-refractivity contribution >= 4 is 14.4 Å². The zero-order chi connectivity index (χ0) is 26.4. The number of alkyl carbamates (subject to hydrolysis) is 1. The third kappa shape index (κ3) is 8.72. The van der Waals surface area contributed by atoms with Crippen molar-refractivity contribution in [3.8, 4) is 17.6 Å². The van der Waals surface area contributed by atoms with Crippen LogP contribution in [0.25, 0.3) is 0 Å². The van der Waals surface area contributed by atoms with Gasteiger partial charge in [-0.2, -0.15) is 0 Å². The molecule has 2 atom stereocenters. The van der Waals surface area contributed by atoms with Gasteiger partial charge in [0.1, 0.15) is 23.3 Å². The number of hydrogen-bond acceptors (Lipinski definition) is 4. The van der Waals surface area contributed by atoms with Gasteiger partial charge in [-0.15, -0.1) is 0 Å². The summed E-state index contributed by atoms with van der Waals surface area (Å²) >= 11 is 0. The first kappa shape index (κ1) is 28.4. The Bertz CT molecular complexity index is 1040. The van der Waals surface area contributed by atoms with Crippen molar-refractivity contribution in [1.29, 1.82) is 0 Å². The van der Waals surface area contributed by atoms with E-state index in [0.717, 1.165) is 11.3 Å². The summed E-state index contributed by atoms with van der Waals surface area (Å²) in [6, 6.07) is 12.7. The molecule has 0 saturated heterocycles. The van der Waals surface area contributed by atoms with Gasteiger partial charge >= 0.3 is 6.09 Å². The van der Waals surface area contributed by atoms with Gasteiger partial charge in [0.25, 0.3) is 0 Å². The zero-order valence-corrected chi connectivity index (χ0v) is 23.3. The van der Waals surface area contributed by atoms with E-state index in [9.17, 15) is 9.18 Å². The van der Waals surface area contributed by atoms with E-state index >= 15 is 0 Å². The third-order valence-corrected chi connectivity index (χ3v) is 10.3. The fourth-order valence-electron chi connectivity index (χ4n) is 2.94. The number of rotatable bonds is 6. The summed E-state index contributed by atoms with van der Waals surface area (Å²) in [5, 5.41) is 2.84. The minimum atomic E-state index is -2.31. The molecule has 0 saturated carbocycles. The molecule has 0 aromatic heterocycles. The van der Waals surface area contributed by atoms with Crippen LogP contribution in [0.5, 0.6) is 5.75 Å². The number of carbonyl (C=O) groups is 1. The molecule has 190 valence electrons. The summed E-state index contributed by atoms with van der Waals surface area (Å²) in [6.07, 6.45) is -1.29. The predicted octanol–water partition coefficient (Wildman–Crippen LogP) is 6.84. The number of amides is 1. The monoisotopic (exact) mass is 499 g/mol. The maximum absolute atomic E-state index is 13.7. The molecule has 0 aliphatic rings. The molecule has 2 aromatic rings. The van der Waals surface area contributed by atoms with Crippen molar-refractivity contribution in [2.24, 2.45) is 0 Å². The zero-order valence-electron chi connectivity index (χ0n) is 22.3. The van der Waals surface area contributed by atoms with Crippen LogP contribution < -0.4 is 10.1 Å². The van der Waals surface area contributed by atoms with Gasteiger partial charge in [0.2, 0.25) is 0 Å². The highest BCUT2D eigenvalue weighted by Crippen LogP contribution is 2.39. The van der Waals surface area contributed by atoms with E-state index in [-0.39, 0.29) is 10.9 Å². The third-order valence-electron chi connectivity index (χ3n) is 5.88. The molecule has 0 heterocycles. The summed E-state index contributed by atoms with van der Waals surface area (Å²) in [5.74, 6) is 6.79. The van der Waals surface area contributed by atoms with Gasteiger partial charge in [-0.05, 0) is 80.9 Å². The largest absolute Gasteiger partial charge is 0.497 e. The highest BCUT2D eigenvalue weighted by Gasteiger charge is 2.41. The van der Waals surface area contributed by atoms with Gasteiger partial charge < -0.3 is 19.2 Å². The molecule has 0 fully saturated rings. The second-order valence-electron chi connectivity index (χ2n) is 11.0. The van der Waals surface area contributed by atoms with Crippen LogP contribution in [0.1, 0.15) is 58.7 Å². The van der Waals surface area contributed by atoms with Crippen molar-refractivity contribution in [3.05, 3.63) is 65.5 Å². The van der Waals surface area contributed by atoms with Crippen molar-refractivity contribution in [3.63, 3.8) is 0 Å². The van der Waals surface area contributed by atoms with Crippen LogP contribution in [-0.2, 0) is 9.16 Å². The van der Waals surface area contributed by atoms with Crippen LogP contribution in [0.2, 0.25) is 18.1 Å². The molecule has 1 amide bonds. The van der Waals surface area contributed by atoms with Gasteiger partial charge in [-0.1, -0.05) is 44.7 Å². The van der Waals surface area contributed by atoms with E-state index in [2.05, 4.69) is 51.0 Å². The molecule has 2 rings (SSSR count). The van der Waals surface area contributed by atoms with Crippen LogP contribution in [0.3, 0.4) is 0 Å². The van der Waals surface area contributed by atoms with Crippen LogP contribution >= 0.6 is 0 Å². The van der Waals surface area contributed by atoms with E-state index in [1.165, 1.54) is 12.1 Å². The van der Waals surface area contributed by atoms with E-state index < -0.39 is 32.2 Å². The smallest absolute Gasteiger partial charge is 0.408 e. The molecule has 0 bridgehead atoms. The predicted molar refractivity (Wildman–Crippen MR) is 140 cm³/mol. The van der Waals surface area contributed by atoms with Gasteiger partial charge in [0.05, 0.1) is 13.2 Å². The molecule has 35 heavy (non-hydrogen) atoms. The molecule has 1 N–H and O–H groups in total. The van der Waals surface area contributed by atoms with Crippen molar-refractivity contribution < 1.29 is 23.1 Å². The fourth-order valence-corrected chi connectivity index (χ4v) is 4.13. The number of hydrogen-bond donors (Lipinski definition) is 1. The average Bonchev–Trinajstić information content (AvgIpc) is 2.74. The standard InChI is InChI=1S/C28H38FNO4Si/c1-27(2,3)33-26(31)30-25(21-13-15-22(29)16-14-21)24(34-35(8,9)28(4,5)6)19-12-20-10-17-23(32-7)18-11-20/h10-11,13-18,24-25H,1-9H3,(H,30,31)/t24-,25+/m1/s1. The lowest BCUT2D eigenvalue weighted by Gasteiger charge is -2.40. The number of carbonyl (C=O) groups excluding carboxylic acids is 1. The Morgan fingerprint density at radius 1 is 0.971 bits per heavy atom. The Morgan fingerprint density at radius 2 is 1.54 bits per heavy atom. The van der Waals surface area contributed by atoms with Crippen molar-refractivity contribution in [1.82, 2.24) is 5.32 Å². The quantitative estimate of drug-likeness (QED) is 0.349. The molecular formula is C28H38FNO4Si. The Kier molecular flexibility index (Phi) is 9.15. The van der Waals surface area contributed by atoms with E-state index in [4.69, 9.17) is 13.9 Å². The lowest BCUT2D eigenvalue weighted by Crippen LogP contribution is -2.48. The minimum absolute atomic E-state index is 0.0910. The van der Waals surface area contributed by atoms with Gasteiger partial charge in [-0.25, -0.2) is 9.18 Å².